The molecule has 0 aliphatic rings. The molecule has 0 aliphatic heterocycles. The quantitative estimate of drug-likeness (QED) is 0.822. The minimum absolute atomic E-state index is 0.482. The van der Waals surface area contributed by atoms with Crippen LogP contribution in [0.25, 0.3) is 0 Å². The number of anilines is 2. The van der Waals surface area contributed by atoms with Gasteiger partial charge in [0, 0.05) is 17.9 Å². The van der Waals surface area contributed by atoms with Gasteiger partial charge >= 0.3 is 0 Å². The summed E-state index contributed by atoms with van der Waals surface area (Å²) in [4.78, 5) is 0. The monoisotopic (exact) mass is 253 g/mol. The van der Waals surface area contributed by atoms with Crippen molar-refractivity contribution < 1.29 is 4.74 Å². The van der Waals surface area contributed by atoms with Crippen LogP contribution in [0.3, 0.4) is 0 Å². The Labute approximate surface area is 112 Å². The predicted molar refractivity (Wildman–Crippen MR) is 75.9 cm³/mol. The Morgan fingerprint density at radius 1 is 1.26 bits per heavy atom. The highest BCUT2D eigenvalue weighted by atomic mass is 16.5. The minimum atomic E-state index is 0.482. The molecule has 4 heteroatoms. The number of hydrogen-bond acceptors (Lipinski definition) is 4. The van der Waals surface area contributed by atoms with E-state index in [1.807, 2.05) is 30.3 Å². The fraction of sp³-hybridized carbons (Fsp3) is 0.133. The zero-order valence-electron chi connectivity index (χ0n) is 10.7. The molecule has 0 fully saturated rings. The molecule has 0 heterocycles. The molecule has 0 aromatic heterocycles. The van der Waals surface area contributed by atoms with Crippen LogP contribution in [0, 0.1) is 11.3 Å². The third-order valence-corrected chi connectivity index (χ3v) is 2.80. The molecule has 19 heavy (non-hydrogen) atoms. The van der Waals surface area contributed by atoms with E-state index in [4.69, 9.17) is 15.7 Å². The largest absolute Gasteiger partial charge is 0.497 e. The third-order valence-electron chi connectivity index (χ3n) is 2.80. The molecule has 0 unspecified atom stereocenters. The fourth-order valence-electron chi connectivity index (χ4n) is 1.75. The van der Waals surface area contributed by atoms with Gasteiger partial charge in [-0.05, 0) is 35.9 Å². The molecule has 2 aromatic carbocycles. The van der Waals surface area contributed by atoms with E-state index in [1.165, 1.54) is 0 Å². The average molecular weight is 253 g/mol. The van der Waals surface area contributed by atoms with Gasteiger partial charge in [-0.1, -0.05) is 12.1 Å². The van der Waals surface area contributed by atoms with Crippen LogP contribution in [0.4, 0.5) is 11.4 Å². The molecule has 2 aromatic rings. The van der Waals surface area contributed by atoms with Crippen LogP contribution in [0.2, 0.25) is 0 Å². The topological polar surface area (TPSA) is 71.1 Å². The zero-order valence-corrected chi connectivity index (χ0v) is 10.7. The summed E-state index contributed by atoms with van der Waals surface area (Å²) in [5.41, 5.74) is 8.63. The number of nitrogens with zero attached hydrogens (tertiary/aromatic N) is 1. The molecular weight excluding hydrogens is 238 g/mol. The van der Waals surface area contributed by atoms with Crippen LogP contribution in [0.1, 0.15) is 11.1 Å². The second kappa shape index (κ2) is 5.78. The third kappa shape index (κ3) is 3.17. The molecule has 4 nitrogen and oxygen atoms in total. The van der Waals surface area contributed by atoms with E-state index >= 15 is 0 Å². The zero-order chi connectivity index (χ0) is 13.7. The molecule has 0 aliphatic carbocycles. The second-order valence-corrected chi connectivity index (χ2v) is 4.12. The molecule has 0 atom stereocenters. The maximum absolute atomic E-state index is 8.92. The van der Waals surface area contributed by atoms with Gasteiger partial charge in [-0.2, -0.15) is 5.26 Å². The standard InChI is InChI=1S/C15H15N3O/c1-19-14-4-2-3-11(7-14)10-18-13-5-6-15(17)12(8-13)9-16/h2-8,18H,10,17H2,1H3. The molecular formula is C15H15N3O. The van der Waals surface area contributed by atoms with Gasteiger partial charge in [0.1, 0.15) is 11.8 Å². The molecule has 0 saturated heterocycles. The average Bonchev–Trinajstić information content (AvgIpc) is 2.46. The first-order valence-corrected chi connectivity index (χ1v) is 5.89. The summed E-state index contributed by atoms with van der Waals surface area (Å²) in [5, 5.41) is 12.2. The van der Waals surface area contributed by atoms with Crippen molar-refractivity contribution in [3.05, 3.63) is 53.6 Å². The SMILES string of the molecule is COc1cccc(CNc2ccc(N)c(C#N)c2)c1. The second-order valence-electron chi connectivity index (χ2n) is 4.12. The summed E-state index contributed by atoms with van der Waals surface area (Å²) < 4.78 is 5.17. The smallest absolute Gasteiger partial charge is 0.119 e. The Morgan fingerprint density at radius 2 is 2.11 bits per heavy atom. The highest BCUT2D eigenvalue weighted by Crippen LogP contribution is 2.18. The lowest BCUT2D eigenvalue weighted by Gasteiger charge is -2.09. The van der Waals surface area contributed by atoms with Crippen LogP contribution in [-0.4, -0.2) is 7.11 Å². The van der Waals surface area contributed by atoms with Gasteiger partial charge in [0.25, 0.3) is 0 Å². The fourth-order valence-corrected chi connectivity index (χ4v) is 1.75. The maximum Gasteiger partial charge on any atom is 0.119 e. The van der Waals surface area contributed by atoms with E-state index < -0.39 is 0 Å². The van der Waals surface area contributed by atoms with Gasteiger partial charge in [-0.25, -0.2) is 0 Å². The summed E-state index contributed by atoms with van der Waals surface area (Å²) in [5.74, 6) is 0.828. The molecule has 0 spiro atoms. The lowest BCUT2D eigenvalue weighted by Crippen LogP contribution is -2.01. The van der Waals surface area contributed by atoms with Gasteiger partial charge in [0.15, 0.2) is 0 Å². The number of nitriles is 1. The number of rotatable bonds is 4. The number of nitrogens with one attached hydrogen (secondary N) is 1. The van der Waals surface area contributed by atoms with Crippen LogP contribution in [0.5, 0.6) is 5.75 Å². The van der Waals surface area contributed by atoms with Crippen molar-refractivity contribution in [2.75, 3.05) is 18.2 Å². The first-order valence-electron chi connectivity index (χ1n) is 5.89. The summed E-state index contributed by atoms with van der Waals surface area (Å²) in [6.45, 7) is 0.659. The molecule has 3 N–H and O–H groups in total. The van der Waals surface area contributed by atoms with Crippen LogP contribution < -0.4 is 15.8 Å². The normalized spacial score (nSPS) is 9.68. The van der Waals surface area contributed by atoms with Crippen molar-refractivity contribution in [1.82, 2.24) is 0 Å². The number of nitrogens with two attached hydrogens (primary N) is 1. The summed E-state index contributed by atoms with van der Waals surface area (Å²) in [6, 6.07) is 15.2. The van der Waals surface area contributed by atoms with Crippen molar-refractivity contribution >= 4 is 11.4 Å². The van der Waals surface area contributed by atoms with Crippen molar-refractivity contribution in [1.29, 1.82) is 5.26 Å². The Bertz CT molecular complexity index is 617. The number of methoxy groups -OCH3 is 1. The van der Waals surface area contributed by atoms with Gasteiger partial charge in [-0.3, -0.25) is 0 Å². The van der Waals surface area contributed by atoms with E-state index in [0.717, 1.165) is 17.0 Å². The molecule has 0 saturated carbocycles. The van der Waals surface area contributed by atoms with Crippen molar-refractivity contribution in [2.45, 2.75) is 6.54 Å². The number of hydrogen-bond donors (Lipinski definition) is 2. The van der Waals surface area contributed by atoms with E-state index in [-0.39, 0.29) is 0 Å². The number of ether oxygens (including phenoxy) is 1. The maximum atomic E-state index is 8.92. The van der Waals surface area contributed by atoms with Gasteiger partial charge < -0.3 is 15.8 Å². The molecule has 0 bridgehead atoms. The summed E-state index contributed by atoms with van der Waals surface area (Å²) >= 11 is 0. The number of benzene rings is 2. The lowest BCUT2D eigenvalue weighted by atomic mass is 10.1. The van der Waals surface area contributed by atoms with Crippen molar-refractivity contribution in [3.8, 4) is 11.8 Å². The van der Waals surface area contributed by atoms with Gasteiger partial charge in [0.05, 0.1) is 12.7 Å². The van der Waals surface area contributed by atoms with Crippen LogP contribution in [0.15, 0.2) is 42.5 Å². The lowest BCUT2D eigenvalue weighted by molar-refractivity contribution is 0.414. The molecule has 2 rings (SSSR count). The highest BCUT2D eigenvalue weighted by Gasteiger charge is 2.01. The predicted octanol–water partition coefficient (Wildman–Crippen LogP) is 2.76. The minimum Gasteiger partial charge on any atom is -0.497 e. The Morgan fingerprint density at radius 3 is 2.84 bits per heavy atom. The highest BCUT2D eigenvalue weighted by molar-refractivity contribution is 5.61. The van der Waals surface area contributed by atoms with Crippen molar-refractivity contribution in [2.24, 2.45) is 0 Å². The van der Waals surface area contributed by atoms with Crippen LogP contribution in [-0.2, 0) is 6.54 Å². The van der Waals surface area contributed by atoms with Crippen molar-refractivity contribution in [3.63, 3.8) is 0 Å². The molecule has 0 amide bonds. The molecule has 0 radical (unpaired) electrons. The van der Waals surface area contributed by atoms with E-state index in [1.54, 1.807) is 19.2 Å². The summed E-state index contributed by atoms with van der Waals surface area (Å²) in [6.07, 6.45) is 0. The Balaban J connectivity index is 2.08. The molecule has 96 valence electrons. The Hall–Kier alpha value is -2.67. The summed E-state index contributed by atoms with van der Waals surface area (Å²) in [7, 11) is 1.64. The van der Waals surface area contributed by atoms with Crippen LogP contribution >= 0.6 is 0 Å². The van der Waals surface area contributed by atoms with Gasteiger partial charge in [-0.15, -0.1) is 0 Å². The van der Waals surface area contributed by atoms with Gasteiger partial charge in [0.2, 0.25) is 0 Å². The first-order chi connectivity index (χ1) is 9.22. The van der Waals surface area contributed by atoms with E-state index in [0.29, 0.717) is 17.8 Å². The van der Waals surface area contributed by atoms with E-state index in [2.05, 4.69) is 11.4 Å². The first kappa shape index (κ1) is 12.8. The van der Waals surface area contributed by atoms with E-state index in [9.17, 15) is 0 Å². The Kier molecular flexibility index (Phi) is 3.89. The number of nitrogen functional groups attached to an aromatic ring is 1.